The first-order chi connectivity index (χ1) is 17.7. The number of pyridine rings is 2. The van der Waals surface area contributed by atoms with E-state index in [2.05, 4.69) is 39.6 Å². The number of hydrogen-bond acceptors (Lipinski definition) is 6. The lowest BCUT2D eigenvalue weighted by Gasteiger charge is -2.08. The molecule has 0 aliphatic carbocycles. The van der Waals surface area contributed by atoms with Crippen LogP contribution in [0.5, 0.6) is 11.6 Å². The number of fused-ring (bicyclic) bond motifs is 2. The number of nitrogen functional groups attached to an aromatic ring is 1. The first-order valence-electron chi connectivity index (χ1n) is 11.7. The SMILES string of the molecule is Nc1cccc2cc(CNc3nccc4nn(Cc5ccc(Oc6ccccn6)cc5)cc34)ccc12. The lowest BCUT2D eigenvalue weighted by Crippen LogP contribution is -2.01. The number of benzene rings is 3. The molecule has 0 aliphatic rings. The molecule has 0 aliphatic heterocycles. The predicted octanol–water partition coefficient (Wildman–Crippen LogP) is 6.01. The lowest BCUT2D eigenvalue weighted by molar-refractivity contribution is 0.462. The molecule has 6 rings (SSSR count). The van der Waals surface area contributed by atoms with Gasteiger partial charge < -0.3 is 15.8 Å². The van der Waals surface area contributed by atoms with E-state index in [4.69, 9.17) is 15.6 Å². The summed E-state index contributed by atoms with van der Waals surface area (Å²) in [6, 6.07) is 27.8. The van der Waals surface area contributed by atoms with Gasteiger partial charge in [0, 0.05) is 42.3 Å². The van der Waals surface area contributed by atoms with Gasteiger partial charge in [0.05, 0.1) is 17.4 Å². The van der Waals surface area contributed by atoms with Crippen LogP contribution >= 0.6 is 0 Å². The smallest absolute Gasteiger partial charge is 0.219 e. The van der Waals surface area contributed by atoms with E-state index in [0.717, 1.165) is 50.1 Å². The molecule has 36 heavy (non-hydrogen) atoms. The van der Waals surface area contributed by atoms with E-state index < -0.39 is 0 Å². The highest BCUT2D eigenvalue weighted by Crippen LogP contribution is 2.25. The van der Waals surface area contributed by atoms with Gasteiger partial charge in [0.25, 0.3) is 0 Å². The van der Waals surface area contributed by atoms with Crippen molar-refractivity contribution >= 4 is 33.2 Å². The summed E-state index contributed by atoms with van der Waals surface area (Å²) in [5.74, 6) is 2.13. The molecule has 0 fully saturated rings. The van der Waals surface area contributed by atoms with Crippen LogP contribution < -0.4 is 15.8 Å². The second-order valence-corrected chi connectivity index (χ2v) is 8.59. The normalized spacial score (nSPS) is 11.1. The van der Waals surface area contributed by atoms with Crippen molar-refractivity contribution in [2.45, 2.75) is 13.1 Å². The number of anilines is 2. The number of ether oxygens (including phenoxy) is 1. The van der Waals surface area contributed by atoms with Crippen LogP contribution in [0.3, 0.4) is 0 Å². The maximum Gasteiger partial charge on any atom is 0.219 e. The Labute approximate surface area is 208 Å². The highest BCUT2D eigenvalue weighted by Gasteiger charge is 2.09. The van der Waals surface area contributed by atoms with Gasteiger partial charge in [-0.05, 0) is 52.9 Å². The molecule has 7 heteroatoms. The molecule has 0 unspecified atom stereocenters. The molecular weight excluding hydrogens is 448 g/mol. The van der Waals surface area contributed by atoms with Crippen molar-refractivity contribution in [3.63, 3.8) is 0 Å². The molecule has 3 aromatic carbocycles. The zero-order valence-corrected chi connectivity index (χ0v) is 19.5. The van der Waals surface area contributed by atoms with Gasteiger partial charge in [0.15, 0.2) is 0 Å². The van der Waals surface area contributed by atoms with Gasteiger partial charge in [-0.15, -0.1) is 0 Å². The van der Waals surface area contributed by atoms with Crippen LogP contribution in [0.15, 0.2) is 104 Å². The Kier molecular flexibility index (Phi) is 5.63. The third-order valence-corrected chi connectivity index (χ3v) is 6.05. The molecule has 0 bridgehead atoms. The summed E-state index contributed by atoms with van der Waals surface area (Å²) in [5, 5.41) is 11.4. The minimum Gasteiger partial charge on any atom is -0.439 e. The van der Waals surface area contributed by atoms with Gasteiger partial charge in [-0.1, -0.05) is 42.5 Å². The first kappa shape index (κ1) is 21.6. The molecule has 0 atom stereocenters. The van der Waals surface area contributed by atoms with Crippen molar-refractivity contribution in [2.75, 3.05) is 11.1 Å². The second-order valence-electron chi connectivity index (χ2n) is 8.59. The number of nitrogens with one attached hydrogen (secondary N) is 1. The topological polar surface area (TPSA) is 90.9 Å². The molecule has 0 amide bonds. The fourth-order valence-electron chi connectivity index (χ4n) is 4.25. The maximum absolute atomic E-state index is 6.09. The van der Waals surface area contributed by atoms with Crippen molar-refractivity contribution in [1.29, 1.82) is 0 Å². The Morgan fingerprint density at radius 1 is 0.806 bits per heavy atom. The van der Waals surface area contributed by atoms with Crippen LogP contribution in [-0.4, -0.2) is 19.7 Å². The summed E-state index contributed by atoms with van der Waals surface area (Å²) in [4.78, 5) is 8.76. The highest BCUT2D eigenvalue weighted by atomic mass is 16.5. The molecule has 7 nitrogen and oxygen atoms in total. The van der Waals surface area contributed by atoms with Crippen molar-refractivity contribution in [3.05, 3.63) is 115 Å². The summed E-state index contributed by atoms with van der Waals surface area (Å²) in [5.41, 5.74) is 10.1. The molecular formula is C29H24N6O. The molecule has 0 saturated heterocycles. The number of aromatic nitrogens is 4. The van der Waals surface area contributed by atoms with Crippen molar-refractivity contribution in [2.24, 2.45) is 0 Å². The standard InChI is InChI=1S/C29H24N6O/c30-26-5-3-4-22-16-21(9-12-24(22)26)17-33-29-25-19-35(34-27(25)13-15-32-29)18-20-7-10-23(11-8-20)36-28-6-1-2-14-31-28/h1-16,19H,17-18,30H2,(H,32,33). The fourth-order valence-corrected chi connectivity index (χ4v) is 4.25. The van der Waals surface area contributed by atoms with E-state index >= 15 is 0 Å². The Morgan fingerprint density at radius 2 is 1.69 bits per heavy atom. The van der Waals surface area contributed by atoms with E-state index in [0.29, 0.717) is 19.0 Å². The Balaban J connectivity index is 1.16. The summed E-state index contributed by atoms with van der Waals surface area (Å²) in [7, 11) is 0. The minimum atomic E-state index is 0.573. The van der Waals surface area contributed by atoms with Gasteiger partial charge >= 0.3 is 0 Å². The van der Waals surface area contributed by atoms with E-state index in [1.165, 1.54) is 0 Å². The molecule has 3 heterocycles. The Bertz CT molecular complexity index is 1640. The van der Waals surface area contributed by atoms with E-state index in [-0.39, 0.29) is 0 Å². The number of rotatable bonds is 7. The zero-order valence-electron chi connectivity index (χ0n) is 19.5. The maximum atomic E-state index is 6.09. The van der Waals surface area contributed by atoms with Crippen molar-refractivity contribution in [1.82, 2.24) is 19.7 Å². The summed E-state index contributed by atoms with van der Waals surface area (Å²) in [6.07, 6.45) is 5.53. The molecule has 176 valence electrons. The number of hydrogen-bond donors (Lipinski definition) is 2. The van der Waals surface area contributed by atoms with Gasteiger partial charge in [-0.3, -0.25) is 4.68 Å². The van der Waals surface area contributed by atoms with Crippen molar-refractivity contribution < 1.29 is 4.74 Å². The van der Waals surface area contributed by atoms with Crippen LogP contribution in [0.25, 0.3) is 21.7 Å². The Morgan fingerprint density at radius 3 is 2.56 bits per heavy atom. The third kappa shape index (κ3) is 4.54. The first-order valence-corrected chi connectivity index (χ1v) is 11.7. The summed E-state index contributed by atoms with van der Waals surface area (Å²) in [6.45, 7) is 1.30. The highest BCUT2D eigenvalue weighted by molar-refractivity contribution is 5.93. The molecule has 3 aromatic heterocycles. The van der Waals surface area contributed by atoms with E-state index in [9.17, 15) is 0 Å². The molecule has 6 aromatic rings. The van der Waals surface area contributed by atoms with E-state index in [1.54, 1.807) is 12.4 Å². The van der Waals surface area contributed by atoms with Gasteiger partial charge in [-0.25, -0.2) is 9.97 Å². The Hall–Kier alpha value is -4.91. The van der Waals surface area contributed by atoms with Crippen LogP contribution in [0.2, 0.25) is 0 Å². The largest absolute Gasteiger partial charge is 0.439 e. The zero-order chi connectivity index (χ0) is 24.3. The minimum absolute atomic E-state index is 0.573. The molecule has 0 saturated carbocycles. The number of nitrogens with zero attached hydrogens (tertiary/aromatic N) is 4. The second kappa shape index (κ2) is 9.38. The average Bonchev–Trinajstić information content (AvgIpc) is 3.32. The van der Waals surface area contributed by atoms with Crippen LogP contribution in [0.1, 0.15) is 11.1 Å². The third-order valence-electron chi connectivity index (χ3n) is 6.05. The van der Waals surface area contributed by atoms with Crippen LogP contribution in [-0.2, 0) is 13.1 Å². The molecule has 0 radical (unpaired) electrons. The molecule has 0 spiro atoms. The molecule has 3 N–H and O–H groups in total. The van der Waals surface area contributed by atoms with Gasteiger partial charge in [0.1, 0.15) is 11.6 Å². The monoisotopic (exact) mass is 472 g/mol. The van der Waals surface area contributed by atoms with Gasteiger partial charge in [-0.2, -0.15) is 5.10 Å². The van der Waals surface area contributed by atoms with Crippen LogP contribution in [0, 0.1) is 0 Å². The fraction of sp³-hybridized carbons (Fsp3) is 0.0690. The van der Waals surface area contributed by atoms with E-state index in [1.807, 2.05) is 71.5 Å². The lowest BCUT2D eigenvalue weighted by atomic mass is 10.1. The van der Waals surface area contributed by atoms with Crippen molar-refractivity contribution in [3.8, 4) is 11.6 Å². The average molecular weight is 473 g/mol. The van der Waals surface area contributed by atoms with Crippen LogP contribution in [0.4, 0.5) is 11.5 Å². The number of nitrogens with two attached hydrogens (primary N) is 1. The van der Waals surface area contributed by atoms with Gasteiger partial charge in [0.2, 0.25) is 5.88 Å². The quantitative estimate of drug-likeness (QED) is 0.276. The predicted molar refractivity (Wildman–Crippen MR) is 143 cm³/mol. The summed E-state index contributed by atoms with van der Waals surface area (Å²) >= 11 is 0. The summed E-state index contributed by atoms with van der Waals surface area (Å²) < 4.78 is 7.72.